The van der Waals surface area contributed by atoms with E-state index in [1.807, 2.05) is 11.7 Å². The quantitative estimate of drug-likeness (QED) is 0.781. The highest BCUT2D eigenvalue weighted by atomic mass is 32.1. The third kappa shape index (κ3) is 3.40. The largest absolute Gasteiger partial charge is 0.334 e. The van der Waals surface area contributed by atoms with Crippen molar-refractivity contribution < 1.29 is 0 Å². The first-order valence-corrected chi connectivity index (χ1v) is 7.29. The molecule has 98 valence electrons. The van der Waals surface area contributed by atoms with Crippen molar-refractivity contribution >= 4 is 11.3 Å². The third-order valence-electron chi connectivity index (χ3n) is 2.94. The van der Waals surface area contributed by atoms with Gasteiger partial charge in [0.05, 0.1) is 17.7 Å². The van der Waals surface area contributed by atoms with Crippen molar-refractivity contribution in [3.63, 3.8) is 0 Å². The number of nitrogens with one attached hydrogen (secondary N) is 1. The SMILES string of the molecule is CCCNCc1nccn1CCc1scnc1C. The van der Waals surface area contributed by atoms with Gasteiger partial charge < -0.3 is 9.88 Å². The fraction of sp³-hybridized carbons (Fsp3) is 0.538. The van der Waals surface area contributed by atoms with Gasteiger partial charge in [0.2, 0.25) is 0 Å². The minimum absolute atomic E-state index is 0.850. The average Bonchev–Trinajstić information content (AvgIpc) is 2.96. The van der Waals surface area contributed by atoms with Crippen LogP contribution in [0.5, 0.6) is 0 Å². The second-order valence-electron chi connectivity index (χ2n) is 4.32. The van der Waals surface area contributed by atoms with Gasteiger partial charge in [-0.3, -0.25) is 0 Å². The van der Waals surface area contributed by atoms with Crippen molar-refractivity contribution in [2.24, 2.45) is 0 Å². The third-order valence-corrected chi connectivity index (χ3v) is 3.93. The lowest BCUT2D eigenvalue weighted by molar-refractivity contribution is 0.592. The molecule has 5 heteroatoms. The van der Waals surface area contributed by atoms with Crippen molar-refractivity contribution in [2.45, 2.75) is 39.8 Å². The van der Waals surface area contributed by atoms with Crippen LogP contribution in [0.25, 0.3) is 0 Å². The number of nitrogens with zero attached hydrogens (tertiary/aromatic N) is 3. The Morgan fingerprint density at radius 3 is 3.00 bits per heavy atom. The van der Waals surface area contributed by atoms with E-state index in [1.54, 1.807) is 11.3 Å². The van der Waals surface area contributed by atoms with E-state index in [4.69, 9.17) is 0 Å². The fourth-order valence-corrected chi connectivity index (χ4v) is 2.65. The molecular weight excluding hydrogens is 244 g/mol. The van der Waals surface area contributed by atoms with Crippen molar-refractivity contribution in [2.75, 3.05) is 6.54 Å². The van der Waals surface area contributed by atoms with Gasteiger partial charge >= 0.3 is 0 Å². The summed E-state index contributed by atoms with van der Waals surface area (Å²) in [4.78, 5) is 10.1. The van der Waals surface area contributed by atoms with Crippen LogP contribution >= 0.6 is 11.3 Å². The van der Waals surface area contributed by atoms with E-state index in [2.05, 4.69) is 39.9 Å². The Labute approximate surface area is 112 Å². The number of aryl methyl sites for hydroxylation is 3. The second kappa shape index (κ2) is 6.66. The molecule has 1 N–H and O–H groups in total. The highest BCUT2D eigenvalue weighted by Gasteiger charge is 2.05. The first kappa shape index (κ1) is 13.2. The van der Waals surface area contributed by atoms with E-state index < -0.39 is 0 Å². The van der Waals surface area contributed by atoms with Gasteiger partial charge in [-0.15, -0.1) is 11.3 Å². The molecular formula is C13H20N4S. The highest BCUT2D eigenvalue weighted by molar-refractivity contribution is 7.09. The molecule has 2 rings (SSSR count). The Morgan fingerprint density at radius 1 is 1.39 bits per heavy atom. The van der Waals surface area contributed by atoms with Crippen LogP contribution in [-0.2, 0) is 19.5 Å². The van der Waals surface area contributed by atoms with Gasteiger partial charge in [-0.05, 0) is 19.9 Å². The van der Waals surface area contributed by atoms with E-state index in [0.717, 1.165) is 44.0 Å². The summed E-state index contributed by atoms with van der Waals surface area (Å²) in [7, 11) is 0. The molecule has 0 fully saturated rings. The van der Waals surface area contributed by atoms with Crippen LogP contribution in [0.3, 0.4) is 0 Å². The lowest BCUT2D eigenvalue weighted by Crippen LogP contribution is -2.18. The van der Waals surface area contributed by atoms with E-state index in [-0.39, 0.29) is 0 Å². The minimum atomic E-state index is 0.850. The molecule has 0 unspecified atom stereocenters. The predicted molar refractivity (Wildman–Crippen MR) is 74.8 cm³/mol. The Bertz CT molecular complexity index is 475. The second-order valence-corrected chi connectivity index (χ2v) is 5.26. The molecule has 0 amide bonds. The van der Waals surface area contributed by atoms with Crippen LogP contribution in [0, 0.1) is 6.92 Å². The molecule has 2 aromatic heterocycles. The normalized spacial score (nSPS) is 11.0. The molecule has 0 bridgehead atoms. The van der Waals surface area contributed by atoms with Crippen molar-refractivity contribution in [1.82, 2.24) is 19.9 Å². The molecule has 18 heavy (non-hydrogen) atoms. The van der Waals surface area contributed by atoms with E-state index in [0.29, 0.717) is 0 Å². The number of rotatable bonds is 7. The summed E-state index contributed by atoms with van der Waals surface area (Å²) in [6.07, 6.45) is 6.12. The van der Waals surface area contributed by atoms with Crippen LogP contribution in [0.1, 0.15) is 29.7 Å². The van der Waals surface area contributed by atoms with E-state index >= 15 is 0 Å². The maximum Gasteiger partial charge on any atom is 0.122 e. The maximum atomic E-state index is 4.40. The summed E-state index contributed by atoms with van der Waals surface area (Å²) in [6, 6.07) is 0. The Morgan fingerprint density at radius 2 is 2.28 bits per heavy atom. The van der Waals surface area contributed by atoms with Crippen molar-refractivity contribution in [3.05, 3.63) is 34.3 Å². The zero-order valence-electron chi connectivity index (χ0n) is 11.0. The minimum Gasteiger partial charge on any atom is -0.334 e. The molecule has 4 nitrogen and oxygen atoms in total. The number of aromatic nitrogens is 3. The Hall–Kier alpha value is -1.20. The van der Waals surface area contributed by atoms with Crippen LogP contribution in [-0.4, -0.2) is 21.1 Å². The van der Waals surface area contributed by atoms with Crippen molar-refractivity contribution in [3.8, 4) is 0 Å². The first-order valence-electron chi connectivity index (χ1n) is 6.41. The number of thiazole rings is 1. The summed E-state index contributed by atoms with van der Waals surface area (Å²) in [5.41, 5.74) is 3.08. The number of imidazole rings is 1. The first-order chi connectivity index (χ1) is 8.81. The highest BCUT2D eigenvalue weighted by Crippen LogP contribution is 2.14. The molecule has 2 aromatic rings. The number of hydrogen-bond donors (Lipinski definition) is 1. The molecule has 0 aliphatic rings. The molecule has 0 atom stereocenters. The van der Waals surface area contributed by atoms with Gasteiger partial charge in [0.25, 0.3) is 0 Å². The molecule has 0 aromatic carbocycles. The summed E-state index contributed by atoms with van der Waals surface area (Å²) in [5.74, 6) is 1.12. The summed E-state index contributed by atoms with van der Waals surface area (Å²) >= 11 is 1.74. The van der Waals surface area contributed by atoms with Gasteiger partial charge in [0.1, 0.15) is 5.82 Å². The molecule has 0 aliphatic heterocycles. The fourth-order valence-electron chi connectivity index (χ4n) is 1.88. The van der Waals surface area contributed by atoms with Crippen LogP contribution in [0.2, 0.25) is 0 Å². The predicted octanol–water partition coefficient (Wildman–Crippen LogP) is 2.39. The zero-order chi connectivity index (χ0) is 12.8. The molecule has 0 saturated carbocycles. The lowest BCUT2D eigenvalue weighted by Gasteiger charge is -2.08. The van der Waals surface area contributed by atoms with Crippen LogP contribution < -0.4 is 5.32 Å². The average molecular weight is 264 g/mol. The van der Waals surface area contributed by atoms with E-state index in [9.17, 15) is 0 Å². The standard InChI is InChI=1S/C13H20N4S/c1-3-5-14-9-13-15-6-8-17(13)7-4-12-11(2)16-10-18-12/h6,8,10,14H,3-5,7,9H2,1-2H3. The molecule has 0 aliphatic carbocycles. The summed E-state index contributed by atoms with van der Waals surface area (Å²) < 4.78 is 2.22. The maximum absolute atomic E-state index is 4.40. The zero-order valence-corrected chi connectivity index (χ0v) is 11.8. The Kier molecular flexibility index (Phi) is 4.90. The topological polar surface area (TPSA) is 42.7 Å². The Balaban J connectivity index is 1.89. The van der Waals surface area contributed by atoms with Gasteiger partial charge in [-0.1, -0.05) is 6.92 Å². The number of hydrogen-bond acceptors (Lipinski definition) is 4. The van der Waals surface area contributed by atoms with Gasteiger partial charge in [-0.25, -0.2) is 9.97 Å². The van der Waals surface area contributed by atoms with Crippen molar-refractivity contribution in [1.29, 1.82) is 0 Å². The van der Waals surface area contributed by atoms with Gasteiger partial charge in [0.15, 0.2) is 0 Å². The molecule has 0 saturated heterocycles. The van der Waals surface area contributed by atoms with E-state index in [1.165, 1.54) is 4.88 Å². The summed E-state index contributed by atoms with van der Waals surface area (Å²) in [6.45, 7) is 7.12. The summed E-state index contributed by atoms with van der Waals surface area (Å²) in [5, 5.41) is 3.39. The monoisotopic (exact) mass is 264 g/mol. The van der Waals surface area contributed by atoms with Crippen LogP contribution in [0.4, 0.5) is 0 Å². The van der Waals surface area contributed by atoms with Gasteiger partial charge in [-0.2, -0.15) is 0 Å². The van der Waals surface area contributed by atoms with Gasteiger partial charge in [0, 0.05) is 30.2 Å². The molecule has 0 radical (unpaired) electrons. The lowest BCUT2D eigenvalue weighted by atomic mass is 10.3. The smallest absolute Gasteiger partial charge is 0.122 e. The molecule has 0 spiro atoms. The molecule has 2 heterocycles. The van der Waals surface area contributed by atoms with Crippen LogP contribution in [0.15, 0.2) is 17.9 Å².